The molecule has 134 valence electrons. The average Bonchev–Trinajstić information content (AvgIpc) is 2.96. The Labute approximate surface area is 164 Å². The van der Waals surface area contributed by atoms with Gasteiger partial charge in [0.25, 0.3) is 0 Å². The van der Waals surface area contributed by atoms with E-state index in [9.17, 15) is 4.79 Å². The second kappa shape index (κ2) is 6.57. The molecular formula is C17H20ClIN4O2. The Hall–Kier alpha value is -1.09. The zero-order valence-electron chi connectivity index (χ0n) is 14.0. The third-order valence-electron chi connectivity index (χ3n) is 5.58. The molecule has 5 rings (SSSR count). The van der Waals surface area contributed by atoms with Crippen molar-refractivity contribution >= 4 is 51.5 Å². The molecule has 1 unspecified atom stereocenters. The van der Waals surface area contributed by atoms with Crippen molar-refractivity contribution in [2.24, 2.45) is 11.8 Å². The highest BCUT2D eigenvalue weighted by Gasteiger charge is 2.52. The van der Waals surface area contributed by atoms with Crippen LogP contribution in [0.15, 0.2) is 12.3 Å². The minimum Gasteiger partial charge on any atom is -0.466 e. The number of carbonyl (C=O) groups is 1. The number of fused-ring (bicyclic) bond motifs is 4. The van der Waals surface area contributed by atoms with Crippen molar-refractivity contribution in [3.8, 4) is 0 Å². The van der Waals surface area contributed by atoms with Crippen LogP contribution in [-0.4, -0.2) is 32.7 Å². The molecule has 2 aromatic rings. The quantitative estimate of drug-likeness (QED) is 0.537. The Kier molecular flexibility index (Phi) is 4.56. The summed E-state index contributed by atoms with van der Waals surface area (Å²) in [6.45, 7) is 2.27. The highest BCUT2D eigenvalue weighted by Crippen LogP contribution is 2.50. The molecule has 3 aliphatic carbocycles. The van der Waals surface area contributed by atoms with Gasteiger partial charge in [-0.3, -0.25) is 4.79 Å². The van der Waals surface area contributed by atoms with Crippen molar-refractivity contribution in [1.29, 1.82) is 0 Å². The van der Waals surface area contributed by atoms with Crippen LogP contribution in [0.1, 0.15) is 39.0 Å². The van der Waals surface area contributed by atoms with Crippen molar-refractivity contribution in [2.45, 2.75) is 44.6 Å². The van der Waals surface area contributed by atoms with Gasteiger partial charge in [-0.1, -0.05) is 0 Å². The van der Waals surface area contributed by atoms with E-state index in [0.717, 1.165) is 41.2 Å². The minimum atomic E-state index is -0.311. The highest BCUT2D eigenvalue weighted by molar-refractivity contribution is 14.1. The average molecular weight is 475 g/mol. The summed E-state index contributed by atoms with van der Waals surface area (Å²) in [5, 5.41) is 8.03. The fourth-order valence-electron chi connectivity index (χ4n) is 4.38. The van der Waals surface area contributed by atoms with Gasteiger partial charge in [0.05, 0.1) is 18.1 Å². The van der Waals surface area contributed by atoms with Crippen molar-refractivity contribution in [1.82, 2.24) is 14.6 Å². The topological polar surface area (TPSA) is 68.5 Å². The lowest BCUT2D eigenvalue weighted by Crippen LogP contribution is -2.56. The predicted octanol–water partition coefficient (Wildman–Crippen LogP) is 3.91. The fourth-order valence-corrected chi connectivity index (χ4v) is 5.11. The summed E-state index contributed by atoms with van der Waals surface area (Å²) in [5.41, 5.74) is 0.563. The summed E-state index contributed by atoms with van der Waals surface area (Å²) in [6.07, 6.45) is 6.97. The molecule has 2 bridgehead atoms. The van der Waals surface area contributed by atoms with Gasteiger partial charge >= 0.3 is 5.97 Å². The van der Waals surface area contributed by atoms with Gasteiger partial charge in [-0.05, 0) is 85.2 Å². The van der Waals surface area contributed by atoms with Crippen molar-refractivity contribution < 1.29 is 9.53 Å². The SMILES string of the molecule is CCOC(=O)C1CC2CCC1(Nc1nc(Cl)nn3cc(I)cc13)CC2. The molecule has 0 amide bonds. The molecule has 1 N–H and O–H groups in total. The van der Waals surface area contributed by atoms with E-state index in [-0.39, 0.29) is 22.7 Å². The van der Waals surface area contributed by atoms with E-state index < -0.39 is 0 Å². The molecule has 8 heteroatoms. The van der Waals surface area contributed by atoms with Crippen LogP contribution in [0.2, 0.25) is 5.28 Å². The fraction of sp³-hybridized carbons (Fsp3) is 0.588. The van der Waals surface area contributed by atoms with Crippen LogP contribution in [0.5, 0.6) is 0 Å². The summed E-state index contributed by atoms with van der Waals surface area (Å²) in [5.74, 6) is 1.09. The van der Waals surface area contributed by atoms with Gasteiger partial charge in [-0.15, -0.1) is 5.10 Å². The number of nitrogens with one attached hydrogen (secondary N) is 1. The first-order chi connectivity index (χ1) is 12.0. The molecule has 0 saturated heterocycles. The number of carbonyl (C=O) groups excluding carboxylic acids is 1. The number of aromatic nitrogens is 3. The molecule has 0 aromatic carbocycles. The van der Waals surface area contributed by atoms with Crippen LogP contribution >= 0.6 is 34.2 Å². The summed E-state index contributed by atoms with van der Waals surface area (Å²) >= 11 is 8.37. The van der Waals surface area contributed by atoms with Gasteiger partial charge in [0.1, 0.15) is 5.52 Å². The van der Waals surface area contributed by atoms with Crippen molar-refractivity contribution in [2.75, 3.05) is 11.9 Å². The van der Waals surface area contributed by atoms with Crippen LogP contribution in [0.4, 0.5) is 5.82 Å². The number of hydrogen-bond donors (Lipinski definition) is 1. The lowest BCUT2D eigenvalue weighted by atomic mass is 9.59. The molecule has 2 aromatic heterocycles. The van der Waals surface area contributed by atoms with Crippen LogP contribution in [0.3, 0.4) is 0 Å². The van der Waals surface area contributed by atoms with E-state index >= 15 is 0 Å². The maximum absolute atomic E-state index is 12.6. The Morgan fingerprint density at radius 2 is 2.28 bits per heavy atom. The summed E-state index contributed by atoms with van der Waals surface area (Å²) in [7, 11) is 0. The number of hydrogen-bond acceptors (Lipinski definition) is 5. The molecule has 3 saturated carbocycles. The van der Waals surface area contributed by atoms with Gasteiger partial charge in [0, 0.05) is 9.77 Å². The number of nitrogens with zero attached hydrogens (tertiary/aromatic N) is 3. The maximum Gasteiger partial charge on any atom is 0.311 e. The highest BCUT2D eigenvalue weighted by atomic mass is 127. The Morgan fingerprint density at radius 3 is 3.00 bits per heavy atom. The number of esters is 1. The molecule has 0 aliphatic heterocycles. The van der Waals surface area contributed by atoms with Gasteiger partial charge < -0.3 is 10.1 Å². The number of halogens is 2. The normalized spacial score (nSPS) is 28.3. The first kappa shape index (κ1) is 17.3. The zero-order valence-corrected chi connectivity index (χ0v) is 16.9. The van der Waals surface area contributed by atoms with E-state index in [4.69, 9.17) is 16.3 Å². The Balaban J connectivity index is 1.73. The molecule has 3 fully saturated rings. The molecule has 0 radical (unpaired) electrons. The minimum absolute atomic E-state index is 0.0967. The van der Waals surface area contributed by atoms with E-state index in [0.29, 0.717) is 18.3 Å². The first-order valence-corrected chi connectivity index (χ1v) is 10.1. The van der Waals surface area contributed by atoms with E-state index in [1.807, 2.05) is 19.2 Å². The second-order valence-electron chi connectivity index (χ2n) is 6.98. The van der Waals surface area contributed by atoms with E-state index in [1.165, 1.54) is 0 Å². The summed E-state index contributed by atoms with van der Waals surface area (Å²) in [4.78, 5) is 17.0. The van der Waals surface area contributed by atoms with Crippen LogP contribution in [0.25, 0.3) is 5.52 Å². The third-order valence-corrected chi connectivity index (χ3v) is 6.33. The molecule has 1 atom stereocenters. The lowest BCUT2D eigenvalue weighted by molar-refractivity contribution is -0.154. The van der Waals surface area contributed by atoms with Gasteiger partial charge in [0.2, 0.25) is 5.28 Å². The van der Waals surface area contributed by atoms with Gasteiger partial charge in [0.15, 0.2) is 5.82 Å². The first-order valence-electron chi connectivity index (χ1n) is 8.67. The summed E-state index contributed by atoms with van der Waals surface area (Å²) < 4.78 is 8.17. The smallest absolute Gasteiger partial charge is 0.311 e. The van der Waals surface area contributed by atoms with Crippen molar-refractivity contribution in [3.05, 3.63) is 21.1 Å². The van der Waals surface area contributed by atoms with Crippen LogP contribution in [0, 0.1) is 15.4 Å². The van der Waals surface area contributed by atoms with E-state index in [1.54, 1.807) is 4.52 Å². The largest absolute Gasteiger partial charge is 0.466 e. The monoisotopic (exact) mass is 474 g/mol. The second-order valence-corrected chi connectivity index (χ2v) is 8.57. The van der Waals surface area contributed by atoms with Crippen LogP contribution < -0.4 is 5.32 Å². The van der Waals surface area contributed by atoms with Gasteiger partial charge in [-0.25, -0.2) is 4.52 Å². The molecule has 6 nitrogen and oxygen atoms in total. The number of anilines is 1. The van der Waals surface area contributed by atoms with E-state index in [2.05, 4.69) is 38.0 Å². The van der Waals surface area contributed by atoms with Crippen LogP contribution in [-0.2, 0) is 9.53 Å². The Bertz CT molecular complexity index is 816. The number of rotatable bonds is 4. The zero-order chi connectivity index (χ0) is 17.6. The van der Waals surface area contributed by atoms with Gasteiger partial charge in [-0.2, -0.15) is 4.98 Å². The van der Waals surface area contributed by atoms with Crippen molar-refractivity contribution in [3.63, 3.8) is 0 Å². The Morgan fingerprint density at radius 1 is 1.52 bits per heavy atom. The molecule has 2 heterocycles. The number of ether oxygens (including phenoxy) is 1. The molecule has 25 heavy (non-hydrogen) atoms. The summed E-state index contributed by atoms with van der Waals surface area (Å²) in [6, 6.07) is 2.02. The molecule has 0 spiro atoms. The third kappa shape index (κ3) is 3.09. The maximum atomic E-state index is 12.6. The lowest BCUT2D eigenvalue weighted by Gasteiger charge is -2.51. The molecule has 3 aliphatic rings. The molecular weight excluding hydrogens is 455 g/mol. The standard InChI is InChI=1S/C17H20ClIN4O2/c1-2-25-15(24)12-7-10-3-5-17(12,6-4-10)21-14-13-8-11(19)9-23(13)22-16(18)20-14/h8-10,12H,2-7H2,1H3,(H,20,21,22). The predicted molar refractivity (Wildman–Crippen MR) is 104 cm³/mol.